The highest BCUT2D eigenvalue weighted by Gasteiger charge is 2.20. The van der Waals surface area contributed by atoms with Crippen LogP contribution < -0.4 is 4.72 Å². The van der Waals surface area contributed by atoms with E-state index in [1.54, 1.807) is 30.5 Å². The maximum absolute atomic E-state index is 13.1. The Morgan fingerprint density at radius 2 is 1.68 bits per heavy atom. The highest BCUT2D eigenvalue weighted by molar-refractivity contribution is 7.92. The van der Waals surface area contributed by atoms with Crippen LogP contribution in [0.2, 0.25) is 5.02 Å². The SMILES string of the molecule is CC(C)(C)c1ccc(S(=O)(=O)Nc2ccc(Cl)c3cc(-c4cnc5ccccc5c4)nn23)cc1. The molecule has 1 N–H and O–H groups in total. The lowest BCUT2D eigenvalue weighted by Gasteiger charge is -2.19. The van der Waals surface area contributed by atoms with Gasteiger partial charge < -0.3 is 0 Å². The molecule has 5 rings (SSSR count). The second kappa shape index (κ2) is 8.11. The Morgan fingerprint density at radius 1 is 0.941 bits per heavy atom. The summed E-state index contributed by atoms with van der Waals surface area (Å²) >= 11 is 6.42. The Balaban J connectivity index is 1.54. The van der Waals surface area contributed by atoms with Crippen molar-refractivity contribution < 1.29 is 8.42 Å². The molecule has 0 radical (unpaired) electrons. The topological polar surface area (TPSA) is 76.4 Å². The number of fused-ring (bicyclic) bond motifs is 2. The van der Waals surface area contributed by atoms with Gasteiger partial charge >= 0.3 is 0 Å². The van der Waals surface area contributed by atoms with Crippen molar-refractivity contribution in [3.05, 3.63) is 89.6 Å². The fourth-order valence-corrected chi connectivity index (χ4v) is 5.04. The molecule has 0 saturated heterocycles. The molecular weight excluding hydrogens is 468 g/mol. The number of hydrogen-bond acceptors (Lipinski definition) is 4. The molecule has 0 saturated carbocycles. The van der Waals surface area contributed by atoms with Crippen molar-refractivity contribution in [2.24, 2.45) is 0 Å². The van der Waals surface area contributed by atoms with Gasteiger partial charge in [-0.15, -0.1) is 0 Å². The molecule has 172 valence electrons. The average Bonchev–Trinajstić information content (AvgIpc) is 3.27. The van der Waals surface area contributed by atoms with Gasteiger partial charge in [-0.05, 0) is 53.4 Å². The molecule has 0 bridgehead atoms. The highest BCUT2D eigenvalue weighted by Crippen LogP contribution is 2.30. The summed E-state index contributed by atoms with van der Waals surface area (Å²) in [5.74, 6) is 0.291. The van der Waals surface area contributed by atoms with E-state index in [0.29, 0.717) is 22.1 Å². The van der Waals surface area contributed by atoms with Gasteiger partial charge in [0.25, 0.3) is 10.0 Å². The molecule has 5 aromatic rings. The Hall–Kier alpha value is -3.42. The van der Waals surface area contributed by atoms with Crippen LogP contribution in [-0.4, -0.2) is 23.0 Å². The van der Waals surface area contributed by atoms with Gasteiger partial charge in [-0.1, -0.05) is 62.7 Å². The lowest BCUT2D eigenvalue weighted by Crippen LogP contribution is -2.16. The van der Waals surface area contributed by atoms with E-state index >= 15 is 0 Å². The first-order chi connectivity index (χ1) is 16.1. The largest absolute Gasteiger partial charge is 0.263 e. The number of sulfonamides is 1. The van der Waals surface area contributed by atoms with E-state index in [4.69, 9.17) is 11.6 Å². The van der Waals surface area contributed by atoms with Crippen LogP contribution >= 0.6 is 11.6 Å². The van der Waals surface area contributed by atoms with Gasteiger partial charge in [-0.2, -0.15) is 5.10 Å². The molecule has 0 amide bonds. The molecule has 0 aliphatic carbocycles. The third-order valence-electron chi connectivity index (χ3n) is 5.73. The first-order valence-electron chi connectivity index (χ1n) is 10.8. The smallest absolute Gasteiger partial charge is 0.263 e. The van der Waals surface area contributed by atoms with E-state index in [0.717, 1.165) is 22.0 Å². The van der Waals surface area contributed by atoms with E-state index in [1.807, 2.05) is 48.5 Å². The van der Waals surface area contributed by atoms with Crippen LogP contribution in [0.15, 0.2) is 83.9 Å². The quantitative estimate of drug-likeness (QED) is 0.320. The summed E-state index contributed by atoms with van der Waals surface area (Å²) < 4.78 is 30.4. The zero-order valence-electron chi connectivity index (χ0n) is 18.9. The van der Waals surface area contributed by atoms with Crippen molar-refractivity contribution >= 4 is 43.9 Å². The standard InChI is InChI=1S/C26H23ClN4O2S/c1-26(2,3)19-8-10-20(11-9-19)34(32,33)30-25-13-12-21(27)24-15-23(29-31(24)25)18-14-17-6-4-5-7-22(17)28-16-18/h4-16,30H,1-3H3. The maximum Gasteiger partial charge on any atom is 0.263 e. The van der Waals surface area contributed by atoms with Crippen LogP contribution in [-0.2, 0) is 15.4 Å². The maximum atomic E-state index is 13.1. The van der Waals surface area contributed by atoms with E-state index in [9.17, 15) is 8.42 Å². The van der Waals surface area contributed by atoms with Gasteiger partial charge in [0, 0.05) is 17.1 Å². The fourth-order valence-electron chi connectivity index (χ4n) is 3.80. The molecule has 0 aliphatic rings. The summed E-state index contributed by atoms with van der Waals surface area (Å²) in [4.78, 5) is 4.68. The molecular formula is C26H23ClN4O2S. The molecule has 8 heteroatoms. The number of hydrogen-bond donors (Lipinski definition) is 1. The Labute approximate surface area is 203 Å². The Bertz CT molecular complexity index is 1640. The summed E-state index contributed by atoms with van der Waals surface area (Å²) in [5.41, 5.74) is 3.92. The predicted molar refractivity (Wildman–Crippen MR) is 137 cm³/mol. The second-order valence-corrected chi connectivity index (χ2v) is 11.3. The number of halogens is 1. The van der Waals surface area contributed by atoms with E-state index in [1.165, 1.54) is 4.52 Å². The van der Waals surface area contributed by atoms with Crippen molar-refractivity contribution in [3.63, 3.8) is 0 Å². The minimum absolute atomic E-state index is 0.0683. The zero-order chi connectivity index (χ0) is 24.1. The van der Waals surface area contributed by atoms with Crippen molar-refractivity contribution in [1.82, 2.24) is 14.6 Å². The molecule has 3 aromatic heterocycles. The van der Waals surface area contributed by atoms with E-state index < -0.39 is 10.0 Å². The average molecular weight is 491 g/mol. The van der Waals surface area contributed by atoms with Crippen molar-refractivity contribution in [3.8, 4) is 11.3 Å². The molecule has 2 aromatic carbocycles. The normalized spacial score (nSPS) is 12.4. The minimum atomic E-state index is -3.83. The monoisotopic (exact) mass is 490 g/mol. The molecule has 0 unspecified atom stereocenters. The van der Waals surface area contributed by atoms with Gasteiger partial charge in [0.2, 0.25) is 0 Å². The number of pyridine rings is 2. The lowest BCUT2D eigenvalue weighted by molar-refractivity contribution is 0.587. The molecule has 34 heavy (non-hydrogen) atoms. The second-order valence-electron chi connectivity index (χ2n) is 9.19. The third kappa shape index (κ3) is 4.13. The van der Waals surface area contributed by atoms with Gasteiger partial charge in [-0.3, -0.25) is 9.71 Å². The number of benzene rings is 2. The van der Waals surface area contributed by atoms with E-state index in [2.05, 4.69) is 35.6 Å². The minimum Gasteiger partial charge on any atom is -0.263 e. The van der Waals surface area contributed by atoms with Crippen molar-refractivity contribution in [1.29, 1.82) is 0 Å². The first-order valence-corrected chi connectivity index (χ1v) is 12.6. The third-order valence-corrected chi connectivity index (χ3v) is 7.42. The molecule has 0 aliphatic heterocycles. The number of anilines is 1. The lowest BCUT2D eigenvalue weighted by atomic mass is 9.87. The summed E-state index contributed by atoms with van der Waals surface area (Å²) in [6, 6.07) is 21.8. The number of nitrogens with zero attached hydrogens (tertiary/aromatic N) is 3. The van der Waals surface area contributed by atoms with Crippen LogP contribution in [0.5, 0.6) is 0 Å². The predicted octanol–water partition coefficient (Wildman–Crippen LogP) is 6.30. The zero-order valence-corrected chi connectivity index (χ0v) is 20.5. The molecule has 6 nitrogen and oxygen atoms in total. The van der Waals surface area contributed by atoms with Crippen molar-refractivity contribution in [2.45, 2.75) is 31.1 Å². The number of para-hydroxylation sites is 1. The van der Waals surface area contributed by atoms with Crippen LogP contribution in [0.1, 0.15) is 26.3 Å². The van der Waals surface area contributed by atoms with Crippen LogP contribution in [0.3, 0.4) is 0 Å². The Kier molecular flexibility index (Phi) is 5.34. The molecule has 3 heterocycles. The molecule has 0 fully saturated rings. The number of rotatable bonds is 4. The van der Waals surface area contributed by atoms with Crippen LogP contribution in [0.25, 0.3) is 27.7 Å². The Morgan fingerprint density at radius 3 is 2.41 bits per heavy atom. The summed E-state index contributed by atoms with van der Waals surface area (Å²) in [5, 5.41) is 6.09. The van der Waals surface area contributed by atoms with Crippen LogP contribution in [0, 0.1) is 0 Å². The summed E-state index contributed by atoms with van der Waals surface area (Å²) in [6.45, 7) is 6.25. The first kappa shape index (κ1) is 22.4. The fraction of sp³-hybridized carbons (Fsp3) is 0.154. The number of aromatic nitrogens is 3. The van der Waals surface area contributed by atoms with Gasteiger partial charge in [-0.25, -0.2) is 12.9 Å². The summed E-state index contributed by atoms with van der Waals surface area (Å²) in [6.07, 6.45) is 1.75. The van der Waals surface area contributed by atoms with Gasteiger partial charge in [0.15, 0.2) is 0 Å². The molecule has 0 atom stereocenters. The van der Waals surface area contributed by atoms with E-state index in [-0.39, 0.29) is 10.3 Å². The van der Waals surface area contributed by atoms with Gasteiger partial charge in [0.1, 0.15) is 5.82 Å². The summed E-state index contributed by atoms with van der Waals surface area (Å²) in [7, 11) is -3.83. The van der Waals surface area contributed by atoms with Crippen molar-refractivity contribution in [2.75, 3.05) is 4.72 Å². The molecule has 0 spiro atoms. The number of nitrogens with one attached hydrogen (secondary N) is 1. The van der Waals surface area contributed by atoms with Gasteiger partial charge in [0.05, 0.1) is 26.6 Å². The van der Waals surface area contributed by atoms with Crippen LogP contribution in [0.4, 0.5) is 5.82 Å². The highest BCUT2D eigenvalue weighted by atomic mass is 35.5.